The zero-order chi connectivity index (χ0) is 16.6. The molecule has 0 radical (unpaired) electrons. The summed E-state index contributed by atoms with van der Waals surface area (Å²) in [5, 5.41) is 4.12. The van der Waals surface area contributed by atoms with Crippen molar-refractivity contribution in [2.75, 3.05) is 0 Å². The third kappa shape index (κ3) is 2.80. The summed E-state index contributed by atoms with van der Waals surface area (Å²) in [6.07, 6.45) is 0. The van der Waals surface area contributed by atoms with E-state index in [2.05, 4.69) is 48.5 Å². The van der Waals surface area contributed by atoms with Crippen LogP contribution in [0.5, 0.6) is 0 Å². The Labute approximate surface area is 136 Å². The Morgan fingerprint density at radius 2 is 1.87 bits per heavy atom. The van der Waals surface area contributed by atoms with Gasteiger partial charge >= 0.3 is 0 Å². The van der Waals surface area contributed by atoms with E-state index in [4.69, 9.17) is 10.3 Å². The number of rotatable bonds is 4. The fourth-order valence-electron chi connectivity index (χ4n) is 3.03. The Morgan fingerprint density at radius 3 is 2.43 bits per heavy atom. The smallest absolute Gasteiger partial charge is 0.260 e. The molecule has 0 aliphatic heterocycles. The first-order valence-electron chi connectivity index (χ1n) is 7.83. The minimum atomic E-state index is 0.398. The lowest BCUT2D eigenvalue weighted by molar-refractivity contribution is 0.432. The molecule has 0 amide bonds. The largest absolute Gasteiger partial charge is 0.346 e. The van der Waals surface area contributed by atoms with E-state index >= 15 is 0 Å². The highest BCUT2D eigenvalue weighted by Crippen LogP contribution is 2.29. The Balaban J connectivity index is 1.97. The van der Waals surface area contributed by atoms with Gasteiger partial charge in [0.25, 0.3) is 5.89 Å². The molecule has 0 aliphatic rings. The van der Waals surface area contributed by atoms with Crippen molar-refractivity contribution in [3.63, 3.8) is 0 Å². The van der Waals surface area contributed by atoms with Crippen molar-refractivity contribution in [3.05, 3.63) is 47.3 Å². The van der Waals surface area contributed by atoms with Crippen LogP contribution in [0, 0.1) is 13.8 Å². The highest BCUT2D eigenvalue weighted by atomic mass is 16.5. The van der Waals surface area contributed by atoms with Crippen LogP contribution in [0.4, 0.5) is 0 Å². The normalized spacial score (nSPS) is 11.4. The highest BCUT2D eigenvalue weighted by molar-refractivity contribution is 5.62. The fraction of sp³-hybridized carbons (Fsp3) is 0.333. The molecule has 23 heavy (non-hydrogen) atoms. The van der Waals surface area contributed by atoms with E-state index in [1.807, 2.05) is 24.3 Å². The SMILES string of the molecule is Cc1cc(-c2nc(-c3ccc(CN)cc3)no2)c(C)n1C(C)C. The lowest BCUT2D eigenvalue weighted by Crippen LogP contribution is -2.04. The van der Waals surface area contributed by atoms with Gasteiger partial charge in [0, 0.05) is 29.5 Å². The first-order chi connectivity index (χ1) is 11.0. The van der Waals surface area contributed by atoms with Crippen molar-refractivity contribution < 1.29 is 4.52 Å². The van der Waals surface area contributed by atoms with Crippen LogP contribution in [0.25, 0.3) is 22.8 Å². The Kier molecular flexibility index (Phi) is 4.05. The maximum Gasteiger partial charge on any atom is 0.260 e. The highest BCUT2D eigenvalue weighted by Gasteiger charge is 2.18. The van der Waals surface area contributed by atoms with Gasteiger partial charge in [0.1, 0.15) is 0 Å². The lowest BCUT2D eigenvalue weighted by Gasteiger charge is -2.13. The number of aromatic nitrogens is 3. The van der Waals surface area contributed by atoms with Crippen LogP contribution in [0.2, 0.25) is 0 Å². The molecule has 0 unspecified atom stereocenters. The molecular formula is C18H22N4O. The van der Waals surface area contributed by atoms with E-state index < -0.39 is 0 Å². The lowest BCUT2D eigenvalue weighted by atomic mass is 10.1. The first kappa shape index (κ1) is 15.5. The fourth-order valence-corrected chi connectivity index (χ4v) is 3.03. The number of nitrogens with two attached hydrogens (primary N) is 1. The average Bonchev–Trinajstić information content (AvgIpc) is 3.12. The van der Waals surface area contributed by atoms with Crippen molar-refractivity contribution >= 4 is 0 Å². The number of hydrogen-bond donors (Lipinski definition) is 1. The Bertz CT molecular complexity index is 812. The molecule has 0 saturated heterocycles. The molecule has 2 heterocycles. The van der Waals surface area contributed by atoms with Crippen LogP contribution in [-0.4, -0.2) is 14.7 Å². The molecule has 5 heteroatoms. The van der Waals surface area contributed by atoms with Crippen molar-refractivity contribution in [1.29, 1.82) is 0 Å². The van der Waals surface area contributed by atoms with E-state index in [0.717, 1.165) is 22.4 Å². The molecule has 0 fully saturated rings. The van der Waals surface area contributed by atoms with Gasteiger partial charge in [-0.25, -0.2) is 0 Å². The summed E-state index contributed by atoms with van der Waals surface area (Å²) >= 11 is 0. The Hall–Kier alpha value is -2.40. The van der Waals surface area contributed by atoms with E-state index in [1.54, 1.807) is 0 Å². The maximum absolute atomic E-state index is 5.62. The van der Waals surface area contributed by atoms with Crippen LogP contribution in [0.3, 0.4) is 0 Å². The van der Waals surface area contributed by atoms with Crippen LogP contribution in [-0.2, 0) is 6.54 Å². The molecule has 0 saturated carbocycles. The van der Waals surface area contributed by atoms with Crippen molar-refractivity contribution in [2.24, 2.45) is 5.73 Å². The van der Waals surface area contributed by atoms with Gasteiger partial charge in [-0.15, -0.1) is 0 Å². The maximum atomic E-state index is 5.62. The molecule has 3 aromatic rings. The van der Waals surface area contributed by atoms with Crippen molar-refractivity contribution in [2.45, 2.75) is 40.3 Å². The van der Waals surface area contributed by atoms with Gasteiger partial charge in [-0.3, -0.25) is 0 Å². The summed E-state index contributed by atoms with van der Waals surface area (Å²) in [7, 11) is 0. The summed E-state index contributed by atoms with van der Waals surface area (Å²) in [6, 6.07) is 10.4. The molecule has 120 valence electrons. The first-order valence-corrected chi connectivity index (χ1v) is 7.83. The molecule has 0 aliphatic carbocycles. The van der Waals surface area contributed by atoms with Crippen LogP contribution >= 0.6 is 0 Å². The average molecular weight is 310 g/mol. The predicted molar refractivity (Wildman–Crippen MR) is 90.9 cm³/mol. The zero-order valence-corrected chi connectivity index (χ0v) is 14.0. The third-order valence-electron chi connectivity index (χ3n) is 4.11. The summed E-state index contributed by atoms with van der Waals surface area (Å²) < 4.78 is 7.76. The predicted octanol–water partition coefficient (Wildman–Crippen LogP) is 3.86. The quantitative estimate of drug-likeness (QED) is 0.794. The van der Waals surface area contributed by atoms with Gasteiger partial charge in [0.05, 0.1) is 5.56 Å². The molecule has 0 atom stereocenters. The van der Waals surface area contributed by atoms with Crippen molar-refractivity contribution in [3.8, 4) is 22.8 Å². The van der Waals surface area contributed by atoms with E-state index in [1.165, 1.54) is 5.69 Å². The second-order valence-corrected chi connectivity index (χ2v) is 6.07. The number of aryl methyl sites for hydroxylation is 1. The summed E-state index contributed by atoms with van der Waals surface area (Å²) in [5.41, 5.74) is 11.0. The van der Waals surface area contributed by atoms with Gasteiger partial charge in [-0.1, -0.05) is 29.4 Å². The molecule has 2 N–H and O–H groups in total. The minimum absolute atomic E-state index is 0.398. The van der Waals surface area contributed by atoms with Gasteiger partial charge < -0.3 is 14.8 Å². The monoisotopic (exact) mass is 310 g/mol. The second-order valence-electron chi connectivity index (χ2n) is 6.07. The van der Waals surface area contributed by atoms with Gasteiger partial charge in [-0.05, 0) is 39.3 Å². The summed E-state index contributed by atoms with van der Waals surface area (Å²) in [4.78, 5) is 4.56. The van der Waals surface area contributed by atoms with Gasteiger partial charge in [0.2, 0.25) is 5.82 Å². The van der Waals surface area contributed by atoms with E-state index in [9.17, 15) is 0 Å². The summed E-state index contributed by atoms with van der Waals surface area (Å²) in [5.74, 6) is 1.15. The third-order valence-corrected chi connectivity index (χ3v) is 4.11. The number of hydrogen-bond acceptors (Lipinski definition) is 4. The van der Waals surface area contributed by atoms with Gasteiger partial charge in [-0.2, -0.15) is 4.98 Å². The zero-order valence-electron chi connectivity index (χ0n) is 14.0. The van der Waals surface area contributed by atoms with E-state index in [-0.39, 0.29) is 0 Å². The topological polar surface area (TPSA) is 69.9 Å². The summed E-state index contributed by atoms with van der Waals surface area (Å²) in [6.45, 7) is 9.05. The van der Waals surface area contributed by atoms with Crippen LogP contribution in [0.1, 0.15) is 36.8 Å². The standard InChI is InChI=1S/C18H22N4O/c1-11(2)22-12(3)9-16(13(22)4)18-20-17(21-23-18)15-7-5-14(10-19)6-8-15/h5-9,11H,10,19H2,1-4H3. The molecule has 1 aromatic carbocycles. The van der Waals surface area contributed by atoms with Gasteiger partial charge in [0.15, 0.2) is 0 Å². The van der Waals surface area contributed by atoms with Crippen LogP contribution < -0.4 is 5.73 Å². The number of benzene rings is 1. The second kappa shape index (κ2) is 6.01. The molecule has 0 spiro atoms. The van der Waals surface area contributed by atoms with Crippen molar-refractivity contribution in [1.82, 2.24) is 14.7 Å². The molecule has 3 rings (SSSR count). The minimum Gasteiger partial charge on any atom is -0.346 e. The van der Waals surface area contributed by atoms with E-state index in [0.29, 0.717) is 24.3 Å². The Morgan fingerprint density at radius 1 is 1.17 bits per heavy atom. The molecular weight excluding hydrogens is 288 g/mol. The number of nitrogens with zero attached hydrogens (tertiary/aromatic N) is 3. The molecule has 0 bridgehead atoms. The molecule has 5 nitrogen and oxygen atoms in total. The molecule has 2 aromatic heterocycles. The van der Waals surface area contributed by atoms with Crippen LogP contribution in [0.15, 0.2) is 34.9 Å².